The summed E-state index contributed by atoms with van der Waals surface area (Å²) < 4.78 is 7.00. The first-order valence-corrected chi connectivity index (χ1v) is 17.7. The number of aromatic hydroxyl groups is 1. The van der Waals surface area contributed by atoms with E-state index in [1.165, 1.54) is 25.7 Å². The van der Waals surface area contributed by atoms with Gasteiger partial charge >= 0.3 is 12.1 Å². The summed E-state index contributed by atoms with van der Waals surface area (Å²) in [6, 6.07) is 11.9. The Morgan fingerprint density at radius 3 is 2.24 bits per heavy atom. The number of piperazine rings is 1. The Morgan fingerprint density at radius 2 is 1.56 bits per heavy atom. The summed E-state index contributed by atoms with van der Waals surface area (Å²) in [4.78, 5) is 48.3. The van der Waals surface area contributed by atoms with Crippen LogP contribution in [0.15, 0.2) is 45.3 Å². The molecule has 0 radical (unpaired) electrons. The van der Waals surface area contributed by atoms with Crippen molar-refractivity contribution >= 4 is 55.6 Å². The van der Waals surface area contributed by atoms with E-state index >= 15 is 0 Å². The van der Waals surface area contributed by atoms with Gasteiger partial charge in [0.2, 0.25) is 0 Å². The lowest BCUT2D eigenvalue weighted by Gasteiger charge is -2.40. The number of nitrogens with one attached hydrogen (secondary N) is 1. The molecule has 3 aliphatic heterocycles. The molecular weight excluding hydrogens is 706 g/mol. The second-order valence-electron chi connectivity index (χ2n) is 12.5. The first kappa shape index (κ1) is 32.1. The van der Waals surface area contributed by atoms with Crippen molar-refractivity contribution in [3.8, 4) is 5.75 Å². The zero-order valence-electron chi connectivity index (χ0n) is 25.4. The Balaban J connectivity index is 1.09. The van der Waals surface area contributed by atoms with Crippen LogP contribution in [0.1, 0.15) is 49.7 Å². The number of piperidine rings is 1. The van der Waals surface area contributed by atoms with Gasteiger partial charge in [0.15, 0.2) is 6.10 Å². The number of benzene rings is 2. The van der Waals surface area contributed by atoms with Gasteiger partial charge in [-0.2, -0.15) is 0 Å². The minimum Gasteiger partial charge on any atom is -0.506 e. The van der Waals surface area contributed by atoms with Gasteiger partial charge in [0.1, 0.15) is 5.75 Å². The van der Waals surface area contributed by atoms with Crippen LogP contribution in [0, 0.1) is 0 Å². The molecule has 2 saturated heterocycles. The molecule has 2 aromatic carbocycles. The largest absolute Gasteiger partial charge is 0.506 e. The molecule has 1 saturated carbocycles. The van der Waals surface area contributed by atoms with Crippen LogP contribution in [0.25, 0.3) is 0 Å². The van der Waals surface area contributed by atoms with E-state index in [1.807, 2.05) is 34.1 Å². The molecule has 0 bridgehead atoms. The Kier molecular flexibility index (Phi) is 10.2. The lowest BCUT2D eigenvalue weighted by atomic mass is 10.0. The average molecular weight is 748 g/mol. The van der Waals surface area contributed by atoms with E-state index in [0.29, 0.717) is 60.6 Å². The summed E-state index contributed by atoms with van der Waals surface area (Å²) in [7, 11) is 0. The molecule has 10 nitrogen and oxygen atoms in total. The lowest BCUT2D eigenvalue weighted by Crippen LogP contribution is -2.55. The van der Waals surface area contributed by atoms with Gasteiger partial charge in [0, 0.05) is 70.0 Å². The molecule has 3 fully saturated rings. The monoisotopic (exact) mass is 745 g/mol. The molecule has 2 aromatic rings. The van der Waals surface area contributed by atoms with Crippen LogP contribution >= 0.6 is 31.9 Å². The SMILES string of the molecule is O=C(OC(Cc1cc(Br)c(O)c(Br)c1)C(=O)N1CCN(C2CCCC2)CC1)N1CCC(N2CCc3ccccc3NC2=O)CC1. The fraction of sp³-hybridized carbons (Fsp3) is 0.545. The summed E-state index contributed by atoms with van der Waals surface area (Å²) in [5, 5.41) is 13.2. The third kappa shape index (κ3) is 7.44. The number of phenols is 1. The Labute approximate surface area is 281 Å². The number of para-hydroxylation sites is 1. The van der Waals surface area contributed by atoms with Crippen LogP contribution in [0.4, 0.5) is 15.3 Å². The number of hydrogen-bond donors (Lipinski definition) is 2. The molecule has 1 aliphatic carbocycles. The first-order valence-electron chi connectivity index (χ1n) is 16.1. The summed E-state index contributed by atoms with van der Waals surface area (Å²) in [6.45, 7) is 4.39. The molecule has 2 N–H and O–H groups in total. The maximum Gasteiger partial charge on any atom is 0.410 e. The third-order valence-corrected chi connectivity index (χ3v) is 11.0. The molecule has 3 heterocycles. The standard InChI is InChI=1S/C33H41Br2N5O5/c34-26-19-22(20-27(35)30(26)41)21-29(31(42)38-17-15-37(16-18-38)24-6-2-3-7-24)45-33(44)39-12-10-25(11-13-39)40-14-9-23-5-1-4-8-28(23)36-32(40)43/h1,4-5,8,19-20,24-25,29,41H,2-3,6-7,9-18,21H2,(H,36,43). The molecule has 45 heavy (non-hydrogen) atoms. The molecule has 1 unspecified atom stereocenters. The van der Waals surface area contributed by atoms with Gasteiger partial charge < -0.3 is 29.9 Å². The number of fused-ring (bicyclic) bond motifs is 1. The first-order chi connectivity index (χ1) is 21.8. The highest BCUT2D eigenvalue weighted by molar-refractivity contribution is 9.11. The number of phenolic OH excluding ortho intramolecular Hbond substituents is 1. The van der Waals surface area contributed by atoms with Crippen LogP contribution < -0.4 is 5.32 Å². The van der Waals surface area contributed by atoms with Gasteiger partial charge in [0.25, 0.3) is 5.91 Å². The highest BCUT2D eigenvalue weighted by Crippen LogP contribution is 2.34. The van der Waals surface area contributed by atoms with Crippen LogP contribution in [-0.4, -0.2) is 107 Å². The van der Waals surface area contributed by atoms with Gasteiger partial charge in [-0.15, -0.1) is 0 Å². The maximum absolute atomic E-state index is 13.9. The van der Waals surface area contributed by atoms with Crippen molar-refractivity contribution in [1.82, 2.24) is 19.6 Å². The molecule has 4 aliphatic rings. The molecular formula is C33H41Br2N5O5. The topological polar surface area (TPSA) is 106 Å². The second-order valence-corrected chi connectivity index (χ2v) is 14.2. The highest BCUT2D eigenvalue weighted by Gasteiger charge is 2.36. The van der Waals surface area contributed by atoms with E-state index in [-0.39, 0.29) is 30.2 Å². The van der Waals surface area contributed by atoms with Crippen molar-refractivity contribution in [2.45, 2.75) is 69.6 Å². The van der Waals surface area contributed by atoms with E-state index < -0.39 is 12.2 Å². The van der Waals surface area contributed by atoms with E-state index in [1.54, 1.807) is 17.0 Å². The Bertz CT molecular complexity index is 1380. The zero-order chi connectivity index (χ0) is 31.5. The van der Waals surface area contributed by atoms with Crippen molar-refractivity contribution in [3.63, 3.8) is 0 Å². The molecule has 6 rings (SSSR count). The van der Waals surface area contributed by atoms with Crippen molar-refractivity contribution in [3.05, 3.63) is 56.5 Å². The normalized spacial score (nSPS) is 20.8. The molecule has 242 valence electrons. The third-order valence-electron chi connectivity index (χ3n) is 9.79. The Morgan fingerprint density at radius 1 is 0.889 bits per heavy atom. The average Bonchev–Trinajstić information content (AvgIpc) is 3.53. The van der Waals surface area contributed by atoms with E-state index in [0.717, 1.165) is 36.3 Å². The number of amides is 4. The molecule has 4 amide bonds. The Hall–Kier alpha value is -2.83. The van der Waals surface area contributed by atoms with Crippen LogP contribution in [0.3, 0.4) is 0 Å². The number of hydrogen-bond acceptors (Lipinski definition) is 6. The van der Waals surface area contributed by atoms with Crippen LogP contribution in [0.2, 0.25) is 0 Å². The fourth-order valence-corrected chi connectivity index (χ4v) is 8.49. The van der Waals surface area contributed by atoms with Crippen molar-refractivity contribution in [1.29, 1.82) is 0 Å². The summed E-state index contributed by atoms with van der Waals surface area (Å²) in [5.41, 5.74) is 2.74. The van der Waals surface area contributed by atoms with E-state index in [2.05, 4.69) is 42.1 Å². The summed E-state index contributed by atoms with van der Waals surface area (Å²) in [6.07, 6.45) is 5.74. The van der Waals surface area contributed by atoms with Crippen molar-refractivity contribution < 1.29 is 24.2 Å². The smallest absolute Gasteiger partial charge is 0.410 e. The molecule has 1 atom stereocenters. The lowest BCUT2D eigenvalue weighted by molar-refractivity contribution is -0.143. The summed E-state index contributed by atoms with van der Waals surface area (Å²) in [5.74, 6) is -0.114. The van der Waals surface area contributed by atoms with E-state index in [4.69, 9.17) is 4.74 Å². The predicted octanol–water partition coefficient (Wildman–Crippen LogP) is 5.61. The number of halogens is 2. The number of carbonyl (C=O) groups is 3. The van der Waals surface area contributed by atoms with Crippen LogP contribution in [0.5, 0.6) is 5.75 Å². The minimum absolute atomic E-state index is 0.0173. The second kappa shape index (κ2) is 14.3. The number of ether oxygens (including phenoxy) is 1. The van der Waals surface area contributed by atoms with Crippen LogP contribution in [-0.2, 0) is 22.4 Å². The molecule has 0 spiro atoms. The molecule has 12 heteroatoms. The number of anilines is 1. The number of nitrogens with zero attached hydrogens (tertiary/aromatic N) is 4. The maximum atomic E-state index is 13.9. The highest BCUT2D eigenvalue weighted by atomic mass is 79.9. The van der Waals surface area contributed by atoms with Gasteiger partial charge in [-0.3, -0.25) is 9.69 Å². The predicted molar refractivity (Wildman–Crippen MR) is 178 cm³/mol. The molecule has 0 aromatic heterocycles. The number of carbonyl (C=O) groups excluding carboxylic acids is 3. The number of rotatable bonds is 6. The number of likely N-dealkylation sites (tertiary alicyclic amines) is 1. The minimum atomic E-state index is -0.994. The fourth-order valence-electron chi connectivity index (χ4n) is 7.20. The van der Waals surface area contributed by atoms with Crippen molar-refractivity contribution in [2.75, 3.05) is 51.1 Å². The van der Waals surface area contributed by atoms with E-state index in [9.17, 15) is 19.5 Å². The quantitative estimate of drug-likeness (QED) is 0.399. The van der Waals surface area contributed by atoms with Crippen molar-refractivity contribution in [2.24, 2.45) is 0 Å². The van der Waals surface area contributed by atoms with Gasteiger partial charge in [-0.05, 0) is 93.3 Å². The van der Waals surface area contributed by atoms with Gasteiger partial charge in [-0.1, -0.05) is 31.0 Å². The zero-order valence-corrected chi connectivity index (χ0v) is 28.6. The van der Waals surface area contributed by atoms with Gasteiger partial charge in [-0.25, -0.2) is 9.59 Å². The van der Waals surface area contributed by atoms with Gasteiger partial charge in [0.05, 0.1) is 8.95 Å². The number of urea groups is 1. The summed E-state index contributed by atoms with van der Waals surface area (Å²) >= 11 is 6.76.